The van der Waals surface area contributed by atoms with Crippen molar-refractivity contribution in [2.24, 2.45) is 0 Å². The summed E-state index contributed by atoms with van der Waals surface area (Å²) in [5, 5.41) is 0. The van der Waals surface area contributed by atoms with Gasteiger partial charge in [-0.15, -0.1) is 0 Å². The third-order valence-electron chi connectivity index (χ3n) is 1.81. The molecule has 1 aromatic heterocycles. The lowest BCUT2D eigenvalue weighted by Crippen LogP contribution is -2.23. The van der Waals surface area contributed by atoms with E-state index in [1.807, 2.05) is 0 Å². The summed E-state index contributed by atoms with van der Waals surface area (Å²) in [6, 6.07) is 0. The van der Waals surface area contributed by atoms with Crippen molar-refractivity contribution in [1.82, 2.24) is 9.97 Å². The summed E-state index contributed by atoms with van der Waals surface area (Å²) in [5.74, 6) is -0.683. The van der Waals surface area contributed by atoms with Gasteiger partial charge in [-0.2, -0.15) is 0 Å². The molecular formula is C9H12N2O3. The summed E-state index contributed by atoms with van der Waals surface area (Å²) < 4.78 is 4.68. The Morgan fingerprint density at radius 1 is 1.50 bits per heavy atom. The Kier molecular flexibility index (Phi) is 3.01. The SMILES string of the molecule is CCOC(=O)c1nc(C)c(C)[nH]c1=O. The Bertz CT molecular complexity index is 409. The minimum atomic E-state index is -0.683. The third-order valence-corrected chi connectivity index (χ3v) is 1.81. The highest BCUT2D eigenvalue weighted by Gasteiger charge is 2.14. The van der Waals surface area contributed by atoms with Gasteiger partial charge in [-0.1, -0.05) is 0 Å². The fourth-order valence-corrected chi connectivity index (χ4v) is 0.960. The molecule has 0 aliphatic rings. The van der Waals surface area contributed by atoms with Gasteiger partial charge in [0.1, 0.15) is 0 Å². The molecule has 0 fully saturated rings. The van der Waals surface area contributed by atoms with Crippen LogP contribution in [0.25, 0.3) is 0 Å². The highest BCUT2D eigenvalue weighted by Crippen LogP contribution is 1.98. The Labute approximate surface area is 81.1 Å². The number of nitrogens with zero attached hydrogens (tertiary/aromatic N) is 1. The molecule has 1 aromatic rings. The molecule has 0 spiro atoms. The molecule has 0 aromatic carbocycles. The monoisotopic (exact) mass is 196 g/mol. The Balaban J connectivity index is 3.16. The first kappa shape index (κ1) is 10.4. The second kappa shape index (κ2) is 4.04. The van der Waals surface area contributed by atoms with Crippen LogP contribution < -0.4 is 5.56 Å². The summed E-state index contributed by atoms with van der Waals surface area (Å²) in [5.41, 5.74) is 0.581. The number of aromatic amines is 1. The second-order valence-corrected chi connectivity index (χ2v) is 2.85. The zero-order valence-corrected chi connectivity index (χ0v) is 8.38. The first-order valence-electron chi connectivity index (χ1n) is 4.31. The lowest BCUT2D eigenvalue weighted by Gasteiger charge is -2.02. The van der Waals surface area contributed by atoms with Crippen molar-refractivity contribution in [2.45, 2.75) is 20.8 Å². The average Bonchev–Trinajstić information content (AvgIpc) is 2.11. The van der Waals surface area contributed by atoms with Crippen molar-refractivity contribution in [2.75, 3.05) is 6.61 Å². The van der Waals surface area contributed by atoms with Gasteiger partial charge in [-0.05, 0) is 20.8 Å². The highest BCUT2D eigenvalue weighted by molar-refractivity contribution is 5.86. The first-order chi connectivity index (χ1) is 6.56. The molecule has 1 heterocycles. The molecule has 76 valence electrons. The van der Waals surface area contributed by atoms with Crippen molar-refractivity contribution >= 4 is 5.97 Å². The molecule has 5 heteroatoms. The molecule has 5 nitrogen and oxygen atoms in total. The largest absolute Gasteiger partial charge is 0.461 e. The van der Waals surface area contributed by atoms with E-state index in [0.29, 0.717) is 11.4 Å². The fraction of sp³-hybridized carbons (Fsp3) is 0.444. The van der Waals surface area contributed by atoms with Crippen LogP contribution in [0.5, 0.6) is 0 Å². The molecule has 0 saturated carbocycles. The number of H-pyrrole nitrogens is 1. The van der Waals surface area contributed by atoms with Crippen LogP contribution in [-0.4, -0.2) is 22.5 Å². The fourth-order valence-electron chi connectivity index (χ4n) is 0.960. The molecule has 0 radical (unpaired) electrons. The number of carbonyl (C=O) groups excluding carboxylic acids is 1. The summed E-state index contributed by atoms with van der Waals surface area (Å²) >= 11 is 0. The number of esters is 1. The maximum absolute atomic E-state index is 11.3. The zero-order chi connectivity index (χ0) is 10.7. The minimum absolute atomic E-state index is 0.185. The van der Waals surface area contributed by atoms with Crippen LogP contribution in [0.4, 0.5) is 0 Å². The van der Waals surface area contributed by atoms with Crippen molar-refractivity contribution < 1.29 is 9.53 Å². The normalized spacial score (nSPS) is 9.93. The van der Waals surface area contributed by atoms with E-state index < -0.39 is 11.5 Å². The first-order valence-corrected chi connectivity index (χ1v) is 4.31. The molecular weight excluding hydrogens is 184 g/mol. The van der Waals surface area contributed by atoms with Crippen LogP contribution in [0.3, 0.4) is 0 Å². The van der Waals surface area contributed by atoms with Crippen LogP contribution in [0, 0.1) is 13.8 Å². The highest BCUT2D eigenvalue weighted by atomic mass is 16.5. The second-order valence-electron chi connectivity index (χ2n) is 2.85. The molecule has 0 atom stereocenters. The van der Waals surface area contributed by atoms with Crippen LogP contribution in [0.2, 0.25) is 0 Å². The van der Waals surface area contributed by atoms with E-state index in [1.165, 1.54) is 0 Å². The van der Waals surface area contributed by atoms with E-state index in [0.717, 1.165) is 0 Å². The molecule has 0 aliphatic carbocycles. The Morgan fingerprint density at radius 2 is 2.14 bits per heavy atom. The number of aromatic nitrogens is 2. The van der Waals surface area contributed by atoms with Gasteiger partial charge in [0.05, 0.1) is 12.3 Å². The lowest BCUT2D eigenvalue weighted by molar-refractivity contribution is 0.0517. The summed E-state index contributed by atoms with van der Waals surface area (Å²) in [4.78, 5) is 28.9. The zero-order valence-electron chi connectivity index (χ0n) is 8.38. The Hall–Kier alpha value is -1.65. The molecule has 0 bridgehead atoms. The number of hydrogen-bond donors (Lipinski definition) is 1. The predicted molar refractivity (Wildman–Crippen MR) is 50.3 cm³/mol. The lowest BCUT2D eigenvalue weighted by atomic mass is 10.3. The summed E-state index contributed by atoms with van der Waals surface area (Å²) in [7, 11) is 0. The van der Waals surface area contributed by atoms with Crippen LogP contribution in [0.1, 0.15) is 28.8 Å². The Morgan fingerprint density at radius 3 is 2.71 bits per heavy atom. The van der Waals surface area contributed by atoms with E-state index in [9.17, 15) is 9.59 Å². The molecule has 0 aliphatic heterocycles. The van der Waals surface area contributed by atoms with Gasteiger partial charge in [0.25, 0.3) is 5.56 Å². The molecule has 14 heavy (non-hydrogen) atoms. The van der Waals surface area contributed by atoms with E-state index >= 15 is 0 Å². The van der Waals surface area contributed by atoms with Crippen molar-refractivity contribution in [1.29, 1.82) is 0 Å². The van der Waals surface area contributed by atoms with Gasteiger partial charge in [-0.3, -0.25) is 4.79 Å². The van der Waals surface area contributed by atoms with Crippen molar-refractivity contribution in [3.05, 3.63) is 27.4 Å². The third kappa shape index (κ3) is 1.99. The van der Waals surface area contributed by atoms with E-state index in [1.54, 1.807) is 20.8 Å². The summed E-state index contributed by atoms with van der Waals surface area (Å²) in [6.07, 6.45) is 0. The molecule has 1 N–H and O–H groups in total. The minimum Gasteiger partial charge on any atom is -0.461 e. The van der Waals surface area contributed by atoms with Crippen LogP contribution in [0.15, 0.2) is 4.79 Å². The smallest absolute Gasteiger partial charge is 0.362 e. The van der Waals surface area contributed by atoms with Crippen LogP contribution in [-0.2, 0) is 4.74 Å². The quantitative estimate of drug-likeness (QED) is 0.701. The van der Waals surface area contributed by atoms with E-state index in [-0.39, 0.29) is 12.3 Å². The number of rotatable bonds is 2. The number of nitrogens with one attached hydrogen (secondary N) is 1. The van der Waals surface area contributed by atoms with Gasteiger partial charge < -0.3 is 9.72 Å². The van der Waals surface area contributed by atoms with Gasteiger partial charge in [0, 0.05) is 5.69 Å². The van der Waals surface area contributed by atoms with Crippen molar-refractivity contribution in [3.63, 3.8) is 0 Å². The topological polar surface area (TPSA) is 72.0 Å². The molecule has 0 saturated heterocycles. The van der Waals surface area contributed by atoms with Crippen LogP contribution >= 0.6 is 0 Å². The van der Waals surface area contributed by atoms with Gasteiger partial charge in [-0.25, -0.2) is 9.78 Å². The number of carbonyl (C=O) groups is 1. The average molecular weight is 196 g/mol. The van der Waals surface area contributed by atoms with Gasteiger partial charge >= 0.3 is 5.97 Å². The number of hydrogen-bond acceptors (Lipinski definition) is 4. The molecule has 0 unspecified atom stereocenters. The molecule has 1 rings (SSSR count). The molecule has 0 amide bonds. The van der Waals surface area contributed by atoms with Gasteiger partial charge in [0.2, 0.25) is 5.69 Å². The van der Waals surface area contributed by atoms with Gasteiger partial charge in [0.15, 0.2) is 0 Å². The number of ether oxygens (including phenoxy) is 1. The van der Waals surface area contributed by atoms with E-state index in [4.69, 9.17) is 0 Å². The van der Waals surface area contributed by atoms with Crippen molar-refractivity contribution in [3.8, 4) is 0 Å². The maximum atomic E-state index is 11.3. The van der Waals surface area contributed by atoms with E-state index in [2.05, 4.69) is 14.7 Å². The number of aryl methyl sites for hydroxylation is 2. The maximum Gasteiger partial charge on any atom is 0.362 e. The standard InChI is InChI=1S/C9H12N2O3/c1-4-14-9(13)7-8(12)11-6(3)5(2)10-7/h4H2,1-3H3,(H,11,12). The predicted octanol–water partition coefficient (Wildman–Crippen LogP) is 0.563. The summed E-state index contributed by atoms with van der Waals surface area (Å²) in [6.45, 7) is 5.34.